The van der Waals surface area contributed by atoms with E-state index in [1.165, 1.54) is 11.8 Å². The standard InChI is InChI=1S/C30H48O7S2Si/c1-11-30(22-36-39(8,31)32,35-18-17-24-15-13-12-14-16-24)38-21-28(37-40(9,10)29(3,4)5)25-19-26(33-6)23(2)27(20-25)34-7/h12-16,19-20,28H,11,17-18,21-22H2,1-10H3/t28-,30+/m0/s1. The Kier molecular flexibility index (Phi) is 12.6. The normalized spacial score (nSPS) is 14.9. The molecule has 0 unspecified atom stereocenters. The topological polar surface area (TPSA) is 80.3 Å². The van der Waals surface area contributed by atoms with Crippen molar-refractivity contribution in [2.75, 3.05) is 39.4 Å². The number of hydrogen-bond donors (Lipinski definition) is 0. The minimum Gasteiger partial charge on any atom is -0.496 e. The van der Waals surface area contributed by atoms with E-state index in [9.17, 15) is 8.42 Å². The molecule has 2 atom stereocenters. The van der Waals surface area contributed by atoms with E-state index < -0.39 is 23.4 Å². The van der Waals surface area contributed by atoms with Crippen molar-refractivity contribution in [2.45, 2.75) is 76.6 Å². The maximum Gasteiger partial charge on any atom is 0.264 e. The lowest BCUT2D eigenvalue weighted by atomic mass is 10.1. The van der Waals surface area contributed by atoms with Gasteiger partial charge in [-0.15, -0.1) is 11.8 Å². The molecule has 0 bridgehead atoms. The highest BCUT2D eigenvalue weighted by Gasteiger charge is 2.41. The van der Waals surface area contributed by atoms with Crippen molar-refractivity contribution in [3.63, 3.8) is 0 Å². The van der Waals surface area contributed by atoms with Crippen LogP contribution in [0.25, 0.3) is 0 Å². The first-order chi connectivity index (χ1) is 18.6. The molecular weight excluding hydrogens is 565 g/mol. The molecule has 0 saturated heterocycles. The van der Waals surface area contributed by atoms with E-state index >= 15 is 0 Å². The summed E-state index contributed by atoms with van der Waals surface area (Å²) in [6, 6.07) is 14.1. The quantitative estimate of drug-likeness (QED) is 0.112. The summed E-state index contributed by atoms with van der Waals surface area (Å²) >= 11 is 1.53. The Labute approximate surface area is 247 Å². The van der Waals surface area contributed by atoms with Crippen LogP contribution >= 0.6 is 11.8 Å². The third kappa shape index (κ3) is 10.1. The van der Waals surface area contributed by atoms with Crippen molar-refractivity contribution in [3.05, 3.63) is 59.2 Å². The monoisotopic (exact) mass is 612 g/mol. The predicted molar refractivity (Wildman–Crippen MR) is 168 cm³/mol. The van der Waals surface area contributed by atoms with Crippen LogP contribution in [-0.4, -0.2) is 61.1 Å². The third-order valence-corrected chi connectivity index (χ3v) is 14.1. The Balaban J connectivity index is 2.43. The van der Waals surface area contributed by atoms with E-state index in [0.717, 1.165) is 34.4 Å². The number of thioether (sulfide) groups is 1. The number of rotatable bonds is 16. The zero-order chi connectivity index (χ0) is 30.2. The van der Waals surface area contributed by atoms with Crippen molar-refractivity contribution < 1.29 is 31.2 Å². The molecule has 0 radical (unpaired) electrons. The van der Waals surface area contributed by atoms with E-state index in [1.54, 1.807) is 14.2 Å². The molecule has 226 valence electrons. The SMILES string of the molecule is CC[C@@](COS(C)(=O)=O)(OCCc1ccccc1)SC[C@H](O[Si](C)(C)C(C)(C)C)c1cc(OC)c(C)c(OC)c1. The molecule has 0 fully saturated rings. The smallest absolute Gasteiger partial charge is 0.264 e. The van der Waals surface area contributed by atoms with E-state index in [1.807, 2.05) is 44.2 Å². The van der Waals surface area contributed by atoms with Gasteiger partial charge >= 0.3 is 0 Å². The summed E-state index contributed by atoms with van der Waals surface area (Å²) in [6.45, 7) is 15.4. The van der Waals surface area contributed by atoms with Crippen LogP contribution < -0.4 is 9.47 Å². The Morgan fingerprint density at radius 1 is 1.00 bits per heavy atom. The van der Waals surface area contributed by atoms with Gasteiger partial charge in [0.15, 0.2) is 8.32 Å². The second kappa shape index (κ2) is 14.6. The molecule has 0 saturated carbocycles. The van der Waals surface area contributed by atoms with E-state index in [2.05, 4.69) is 46.0 Å². The fraction of sp³-hybridized carbons (Fsp3) is 0.600. The first-order valence-corrected chi connectivity index (χ1v) is 19.3. The van der Waals surface area contributed by atoms with Crippen molar-refractivity contribution in [1.82, 2.24) is 0 Å². The maximum absolute atomic E-state index is 12.0. The molecule has 40 heavy (non-hydrogen) atoms. The van der Waals surface area contributed by atoms with Gasteiger partial charge in [-0.2, -0.15) is 8.42 Å². The second-order valence-corrected chi connectivity index (χ2v) is 19.3. The van der Waals surface area contributed by atoms with Crippen molar-refractivity contribution in [1.29, 1.82) is 0 Å². The second-order valence-electron chi connectivity index (χ2n) is 11.5. The predicted octanol–water partition coefficient (Wildman–Crippen LogP) is 7.15. The summed E-state index contributed by atoms with van der Waals surface area (Å²) in [5.74, 6) is 1.97. The van der Waals surface area contributed by atoms with Crippen molar-refractivity contribution in [2.24, 2.45) is 0 Å². The molecule has 0 aliphatic heterocycles. The van der Waals surface area contributed by atoms with E-state index in [4.69, 9.17) is 22.8 Å². The average Bonchev–Trinajstić information content (AvgIpc) is 2.89. The largest absolute Gasteiger partial charge is 0.496 e. The summed E-state index contributed by atoms with van der Waals surface area (Å²) in [6.07, 6.45) is 2.01. The molecule has 7 nitrogen and oxygen atoms in total. The highest BCUT2D eigenvalue weighted by atomic mass is 32.2. The molecule has 2 rings (SSSR count). The lowest BCUT2D eigenvalue weighted by molar-refractivity contribution is -0.00569. The molecule has 0 aliphatic rings. The summed E-state index contributed by atoms with van der Waals surface area (Å²) in [7, 11) is -2.57. The van der Waals surface area contributed by atoms with Crippen molar-refractivity contribution in [3.8, 4) is 11.5 Å². The van der Waals surface area contributed by atoms with E-state index in [-0.39, 0.29) is 17.7 Å². The molecule has 2 aromatic rings. The van der Waals surface area contributed by atoms with Crippen molar-refractivity contribution >= 4 is 30.2 Å². The highest BCUT2D eigenvalue weighted by molar-refractivity contribution is 8.00. The minimum absolute atomic E-state index is 0.0117. The van der Waals surface area contributed by atoms with Gasteiger partial charge in [-0.25, -0.2) is 0 Å². The maximum atomic E-state index is 12.0. The van der Waals surface area contributed by atoms with Gasteiger partial charge in [0.05, 0.1) is 33.2 Å². The Morgan fingerprint density at radius 3 is 2.05 bits per heavy atom. The first-order valence-electron chi connectivity index (χ1n) is 13.6. The van der Waals surface area contributed by atoms with Crippen LogP contribution in [0.15, 0.2) is 42.5 Å². The lowest BCUT2D eigenvalue weighted by Crippen LogP contribution is -2.43. The van der Waals surface area contributed by atoms with Gasteiger partial charge in [0.25, 0.3) is 10.1 Å². The van der Waals surface area contributed by atoms with Gasteiger partial charge in [0, 0.05) is 11.3 Å². The number of ether oxygens (including phenoxy) is 3. The fourth-order valence-corrected chi connectivity index (χ4v) is 6.99. The van der Waals surface area contributed by atoms with Gasteiger partial charge < -0.3 is 18.6 Å². The molecule has 0 spiro atoms. The fourth-order valence-electron chi connectivity index (χ4n) is 3.88. The first kappa shape index (κ1) is 34.6. The average molecular weight is 613 g/mol. The zero-order valence-electron chi connectivity index (χ0n) is 25.8. The number of benzene rings is 2. The van der Waals surface area contributed by atoms with Gasteiger partial charge in [-0.3, -0.25) is 4.18 Å². The Bertz CT molecular complexity index is 1160. The number of hydrogen-bond acceptors (Lipinski definition) is 8. The molecule has 10 heteroatoms. The van der Waals surface area contributed by atoms with E-state index in [0.29, 0.717) is 25.2 Å². The molecule has 0 aromatic heterocycles. The third-order valence-electron chi connectivity index (χ3n) is 7.52. The van der Waals surface area contributed by atoms with Gasteiger partial charge in [0.2, 0.25) is 0 Å². The van der Waals surface area contributed by atoms with Crippen LogP contribution in [0.1, 0.15) is 56.9 Å². The summed E-state index contributed by atoms with van der Waals surface area (Å²) in [5.41, 5.74) is 3.01. The molecule has 0 heterocycles. The molecule has 0 aliphatic carbocycles. The minimum atomic E-state index is -3.66. The summed E-state index contributed by atoms with van der Waals surface area (Å²) in [4.78, 5) is -0.883. The Morgan fingerprint density at radius 2 is 1.57 bits per heavy atom. The van der Waals surface area contributed by atoms with Gasteiger partial charge in [0.1, 0.15) is 23.0 Å². The van der Waals surface area contributed by atoms with Gasteiger partial charge in [-0.05, 0) is 61.2 Å². The van der Waals surface area contributed by atoms with Crippen LogP contribution in [0.2, 0.25) is 18.1 Å². The summed E-state index contributed by atoms with van der Waals surface area (Å²) in [5, 5.41) is -0.0117. The van der Waals surface area contributed by atoms with Crippen LogP contribution in [0.4, 0.5) is 0 Å². The van der Waals surface area contributed by atoms with Crippen LogP contribution in [-0.2, 0) is 29.9 Å². The molecular formula is C30H48O7S2Si. The van der Waals surface area contributed by atoms with Crippen LogP contribution in [0, 0.1) is 6.92 Å². The molecule has 0 amide bonds. The lowest BCUT2D eigenvalue weighted by Gasteiger charge is -2.40. The van der Waals surface area contributed by atoms with Gasteiger partial charge in [-0.1, -0.05) is 58.0 Å². The van der Waals surface area contributed by atoms with Crippen LogP contribution in [0.3, 0.4) is 0 Å². The molecule has 0 N–H and O–H groups in total. The zero-order valence-corrected chi connectivity index (χ0v) is 28.5. The highest BCUT2D eigenvalue weighted by Crippen LogP contribution is 2.44. The summed E-state index contributed by atoms with van der Waals surface area (Å²) < 4.78 is 54.1. The molecule has 2 aromatic carbocycles. The van der Waals surface area contributed by atoms with Crippen LogP contribution in [0.5, 0.6) is 11.5 Å². The number of methoxy groups -OCH3 is 2. The Hall–Kier alpha value is -1.56.